The summed E-state index contributed by atoms with van der Waals surface area (Å²) in [5.74, 6) is -3.77. The summed E-state index contributed by atoms with van der Waals surface area (Å²) in [6.07, 6.45) is -0.157. The van der Waals surface area contributed by atoms with Crippen molar-refractivity contribution in [1.29, 1.82) is 0 Å². The average Bonchev–Trinajstić information content (AvgIpc) is 2.98. The second-order valence-electron chi connectivity index (χ2n) is 5.45. The van der Waals surface area contributed by atoms with Crippen LogP contribution in [0, 0.1) is 5.41 Å². The molecule has 1 aromatic heterocycles. The van der Waals surface area contributed by atoms with Crippen LogP contribution in [-0.2, 0) is 14.4 Å². The van der Waals surface area contributed by atoms with Gasteiger partial charge in [-0.15, -0.1) is 11.3 Å². The molecule has 3 N–H and O–H groups in total. The van der Waals surface area contributed by atoms with Crippen LogP contribution in [0.4, 0.5) is 0 Å². The van der Waals surface area contributed by atoms with Gasteiger partial charge in [-0.3, -0.25) is 14.4 Å². The summed E-state index contributed by atoms with van der Waals surface area (Å²) >= 11 is 2.47. The molecule has 7 nitrogen and oxygen atoms in total. The number of nitrogens with zero attached hydrogens (tertiary/aromatic N) is 1. The van der Waals surface area contributed by atoms with Crippen LogP contribution in [0.5, 0.6) is 0 Å². The van der Waals surface area contributed by atoms with Crippen LogP contribution in [0.1, 0.15) is 21.2 Å². The minimum atomic E-state index is -2.04. The number of thioether (sulfide) groups is 1. The molecular weight excluding hydrogens is 403 g/mol. The van der Waals surface area contributed by atoms with Gasteiger partial charge in [0.2, 0.25) is 5.91 Å². The van der Waals surface area contributed by atoms with E-state index in [0.29, 0.717) is 17.3 Å². The van der Waals surface area contributed by atoms with Crippen molar-refractivity contribution in [3.05, 3.63) is 24.3 Å². The van der Waals surface area contributed by atoms with Gasteiger partial charge in [0, 0.05) is 12.3 Å². The maximum absolute atomic E-state index is 12.4. The topological polar surface area (TPSA) is 117 Å². The number of carboxylic acid groups (broad SMARTS) is 2. The van der Waals surface area contributed by atoms with Crippen molar-refractivity contribution in [2.75, 3.05) is 12.3 Å². The Morgan fingerprint density at radius 3 is 2.58 bits per heavy atom. The Kier molecular flexibility index (Phi) is 9.73. The van der Waals surface area contributed by atoms with Crippen LogP contribution in [0.3, 0.4) is 0 Å². The molecule has 136 valence electrons. The number of amides is 1. The molecule has 1 unspecified atom stereocenters. The second-order valence-corrected chi connectivity index (χ2v) is 7.70. The summed E-state index contributed by atoms with van der Waals surface area (Å²) in [4.78, 5) is 39.8. The van der Waals surface area contributed by atoms with E-state index in [1.165, 1.54) is 11.3 Å². The van der Waals surface area contributed by atoms with E-state index in [1.807, 2.05) is 31.2 Å². The number of carbonyl (C=O) groups excluding carboxylic acids is 1. The van der Waals surface area contributed by atoms with Gasteiger partial charge < -0.3 is 17.0 Å². The Balaban J connectivity index is 0.00000338. The van der Waals surface area contributed by atoms with Crippen molar-refractivity contribution in [2.24, 2.45) is 5.41 Å². The smallest absolute Gasteiger partial charge is 1.00 e. The van der Waals surface area contributed by atoms with Gasteiger partial charge in [-0.05, 0) is 18.6 Å². The molecule has 1 amide bonds. The molecule has 26 heavy (non-hydrogen) atoms. The fraction of sp³-hybridized carbons (Fsp3) is 0.375. The molecule has 0 fully saturated rings. The van der Waals surface area contributed by atoms with Gasteiger partial charge in [-0.25, -0.2) is 4.98 Å². The van der Waals surface area contributed by atoms with Gasteiger partial charge in [0.05, 0.1) is 16.6 Å². The quantitative estimate of drug-likeness (QED) is 0.285. The number of rotatable bonds is 9. The van der Waals surface area contributed by atoms with E-state index in [-0.39, 0.29) is 58.6 Å². The van der Waals surface area contributed by atoms with Crippen molar-refractivity contribution in [1.82, 2.24) is 10.3 Å². The van der Waals surface area contributed by atoms with E-state index in [9.17, 15) is 19.5 Å². The molecule has 10 heteroatoms. The molecule has 0 bridgehead atoms. The molecule has 0 aliphatic carbocycles. The molecule has 0 radical (unpaired) electrons. The third-order valence-electron chi connectivity index (χ3n) is 3.55. The Morgan fingerprint density at radius 1 is 1.31 bits per heavy atom. The molecule has 0 aliphatic heterocycles. The van der Waals surface area contributed by atoms with E-state index < -0.39 is 29.7 Å². The zero-order valence-electron chi connectivity index (χ0n) is 15.5. The number of fused-ring (bicyclic) bond motifs is 1. The minimum Gasteiger partial charge on any atom is -1.00 e. The zero-order chi connectivity index (χ0) is 18.4. The molecule has 0 spiro atoms. The van der Waals surface area contributed by atoms with Gasteiger partial charge in [0.15, 0.2) is 9.75 Å². The SMILES string of the molecule is CCCNC(=O)C(CSc1nc2ccccc2s1)(CC(=O)O)C(=O)O.[H-].[K+]. The summed E-state index contributed by atoms with van der Waals surface area (Å²) < 4.78 is 1.54. The standard InChI is InChI=1S/C16H18N2O5S2.K.H/c1-2-7-17-13(21)16(14(22)23,8-12(19)20)9-24-15-18-10-5-3-4-6-11(10)25-15;;/h3-6H,2,7-9H2,1H3,(H,17,21)(H,19,20)(H,22,23);;/q;+1;-1. The summed E-state index contributed by atoms with van der Waals surface area (Å²) in [7, 11) is 0. The fourth-order valence-corrected chi connectivity index (χ4v) is 4.46. The summed E-state index contributed by atoms with van der Waals surface area (Å²) in [5.41, 5.74) is -1.26. The summed E-state index contributed by atoms with van der Waals surface area (Å²) in [6.45, 7) is 2.12. The molecule has 0 saturated heterocycles. The Bertz CT molecular complexity index is 771. The second kappa shape index (κ2) is 10.7. The minimum absolute atomic E-state index is 0. The third-order valence-corrected chi connectivity index (χ3v) is 5.96. The Labute approximate surface area is 202 Å². The van der Waals surface area contributed by atoms with Gasteiger partial charge in [0.25, 0.3) is 0 Å². The first-order valence-corrected chi connectivity index (χ1v) is 9.41. The molecule has 2 aromatic rings. The van der Waals surface area contributed by atoms with Crippen LogP contribution in [-0.4, -0.2) is 45.3 Å². The first kappa shape index (κ1) is 23.5. The Morgan fingerprint density at radius 2 is 2.00 bits per heavy atom. The first-order valence-electron chi connectivity index (χ1n) is 7.61. The van der Waals surface area contributed by atoms with Crippen molar-refractivity contribution >= 4 is 51.2 Å². The van der Waals surface area contributed by atoms with E-state index in [2.05, 4.69) is 10.3 Å². The van der Waals surface area contributed by atoms with E-state index in [0.717, 1.165) is 22.0 Å². The van der Waals surface area contributed by atoms with Crippen molar-refractivity contribution in [2.45, 2.75) is 24.1 Å². The molecule has 1 heterocycles. The van der Waals surface area contributed by atoms with Crippen LogP contribution < -0.4 is 56.7 Å². The number of thiazole rings is 1. The molecule has 1 aromatic carbocycles. The number of hydrogen-bond acceptors (Lipinski definition) is 6. The van der Waals surface area contributed by atoms with Crippen molar-refractivity contribution < 1.29 is 77.4 Å². The predicted molar refractivity (Wildman–Crippen MR) is 97.1 cm³/mol. The number of para-hydroxylation sites is 1. The number of aromatic nitrogens is 1. The summed E-state index contributed by atoms with van der Waals surface area (Å²) in [5, 5.41) is 21.2. The Hall–Kier alpha value is -0.494. The van der Waals surface area contributed by atoms with E-state index >= 15 is 0 Å². The number of carbonyl (C=O) groups is 3. The number of benzene rings is 1. The van der Waals surface area contributed by atoms with E-state index in [1.54, 1.807) is 0 Å². The number of nitrogens with one attached hydrogen (secondary N) is 1. The number of aliphatic carboxylic acids is 2. The van der Waals surface area contributed by atoms with Crippen molar-refractivity contribution in [3.63, 3.8) is 0 Å². The van der Waals surface area contributed by atoms with Gasteiger partial charge >= 0.3 is 63.3 Å². The van der Waals surface area contributed by atoms with Crippen LogP contribution >= 0.6 is 23.1 Å². The first-order chi connectivity index (χ1) is 11.9. The monoisotopic (exact) mass is 422 g/mol. The molecule has 1 atom stereocenters. The average molecular weight is 423 g/mol. The zero-order valence-corrected chi connectivity index (χ0v) is 19.3. The normalized spacial score (nSPS) is 12.8. The molecule has 0 saturated carbocycles. The maximum Gasteiger partial charge on any atom is 1.00 e. The molecule has 2 rings (SSSR count). The number of carboxylic acids is 2. The predicted octanol–water partition coefficient (Wildman–Crippen LogP) is -0.423. The molecule has 0 aliphatic rings. The van der Waals surface area contributed by atoms with Gasteiger partial charge in [-0.2, -0.15) is 0 Å². The van der Waals surface area contributed by atoms with E-state index in [4.69, 9.17) is 5.11 Å². The van der Waals surface area contributed by atoms with Crippen LogP contribution in [0.15, 0.2) is 28.6 Å². The summed E-state index contributed by atoms with van der Waals surface area (Å²) in [6, 6.07) is 7.46. The van der Waals surface area contributed by atoms with Gasteiger partial charge in [-0.1, -0.05) is 30.8 Å². The largest absolute Gasteiger partial charge is 1.00 e. The molecular formula is C16H19KN2O5S2. The van der Waals surface area contributed by atoms with Crippen molar-refractivity contribution in [3.8, 4) is 0 Å². The van der Waals surface area contributed by atoms with Crippen LogP contribution in [0.25, 0.3) is 10.2 Å². The van der Waals surface area contributed by atoms with Gasteiger partial charge in [0.1, 0.15) is 0 Å². The fourth-order valence-electron chi connectivity index (χ4n) is 2.19. The van der Waals surface area contributed by atoms with Crippen LogP contribution in [0.2, 0.25) is 0 Å². The third kappa shape index (κ3) is 5.75. The number of hydrogen-bond donors (Lipinski definition) is 3. The maximum atomic E-state index is 12.4.